The van der Waals surface area contributed by atoms with Gasteiger partial charge in [-0.15, -0.1) is 0 Å². The molecular formula is C12H17NO3. The Bertz CT molecular complexity index is 378. The fraction of sp³-hybridized carbons (Fsp3) is 0.667. The first-order valence-corrected chi connectivity index (χ1v) is 5.95. The Labute approximate surface area is 94.6 Å². The summed E-state index contributed by atoms with van der Waals surface area (Å²) in [6.45, 7) is 2.00. The van der Waals surface area contributed by atoms with E-state index in [0.29, 0.717) is 29.4 Å². The number of hydrogen-bond donors (Lipinski definition) is 1. The van der Waals surface area contributed by atoms with Crippen LogP contribution in [0.15, 0.2) is 4.52 Å². The zero-order valence-corrected chi connectivity index (χ0v) is 9.53. The molecule has 0 atom stereocenters. The topological polar surface area (TPSA) is 63.3 Å². The summed E-state index contributed by atoms with van der Waals surface area (Å²) in [5, 5.41) is 13.2. The molecule has 0 saturated heterocycles. The number of aromatic carboxylic acids is 1. The van der Waals surface area contributed by atoms with Crippen LogP contribution in [-0.4, -0.2) is 16.2 Å². The Balaban J connectivity index is 2.33. The van der Waals surface area contributed by atoms with E-state index in [1.807, 2.05) is 6.92 Å². The van der Waals surface area contributed by atoms with Crippen molar-refractivity contribution in [3.05, 3.63) is 17.0 Å². The average Bonchev–Trinajstić information content (AvgIpc) is 2.83. The van der Waals surface area contributed by atoms with Crippen LogP contribution < -0.4 is 0 Å². The number of hydrogen-bond acceptors (Lipinski definition) is 3. The minimum atomic E-state index is -0.897. The van der Waals surface area contributed by atoms with Crippen LogP contribution in [0.2, 0.25) is 0 Å². The SMILES string of the molecule is CCCc1onc(C2CCCC2)c1C(=O)O. The van der Waals surface area contributed by atoms with E-state index in [0.717, 1.165) is 19.3 Å². The first-order valence-electron chi connectivity index (χ1n) is 5.95. The van der Waals surface area contributed by atoms with Crippen molar-refractivity contribution in [2.24, 2.45) is 0 Å². The van der Waals surface area contributed by atoms with Crippen molar-refractivity contribution in [2.75, 3.05) is 0 Å². The first-order chi connectivity index (χ1) is 7.74. The van der Waals surface area contributed by atoms with Crippen molar-refractivity contribution in [1.29, 1.82) is 0 Å². The lowest BCUT2D eigenvalue weighted by Crippen LogP contribution is -2.06. The zero-order chi connectivity index (χ0) is 11.5. The van der Waals surface area contributed by atoms with Crippen LogP contribution in [0.3, 0.4) is 0 Å². The van der Waals surface area contributed by atoms with E-state index < -0.39 is 5.97 Å². The fourth-order valence-corrected chi connectivity index (χ4v) is 2.44. The van der Waals surface area contributed by atoms with Gasteiger partial charge in [0, 0.05) is 12.3 Å². The minimum absolute atomic E-state index is 0.292. The molecule has 1 saturated carbocycles. The van der Waals surface area contributed by atoms with Crippen molar-refractivity contribution in [3.63, 3.8) is 0 Å². The summed E-state index contributed by atoms with van der Waals surface area (Å²) < 4.78 is 5.18. The lowest BCUT2D eigenvalue weighted by Gasteiger charge is -2.05. The molecule has 0 radical (unpaired) electrons. The highest BCUT2D eigenvalue weighted by molar-refractivity contribution is 5.90. The summed E-state index contributed by atoms with van der Waals surface area (Å²) in [6.07, 6.45) is 5.94. The van der Waals surface area contributed by atoms with Crippen LogP contribution in [0.5, 0.6) is 0 Å². The van der Waals surface area contributed by atoms with Crippen LogP contribution in [0, 0.1) is 0 Å². The van der Waals surface area contributed by atoms with Gasteiger partial charge in [-0.05, 0) is 19.3 Å². The van der Waals surface area contributed by atoms with Gasteiger partial charge in [-0.1, -0.05) is 24.9 Å². The molecule has 1 aliphatic carbocycles. The van der Waals surface area contributed by atoms with Gasteiger partial charge in [0.15, 0.2) is 5.76 Å². The number of aromatic nitrogens is 1. The van der Waals surface area contributed by atoms with Crippen molar-refractivity contribution >= 4 is 5.97 Å². The molecule has 4 nitrogen and oxygen atoms in total. The summed E-state index contributed by atoms with van der Waals surface area (Å²) in [6, 6.07) is 0. The number of carboxylic acid groups (broad SMARTS) is 1. The molecular weight excluding hydrogens is 206 g/mol. The molecule has 2 rings (SSSR count). The van der Waals surface area contributed by atoms with Crippen molar-refractivity contribution in [2.45, 2.75) is 51.4 Å². The Morgan fingerprint density at radius 3 is 2.75 bits per heavy atom. The lowest BCUT2D eigenvalue weighted by molar-refractivity contribution is 0.0693. The van der Waals surface area contributed by atoms with Crippen LogP contribution in [0.4, 0.5) is 0 Å². The molecule has 0 amide bonds. The number of carbonyl (C=O) groups is 1. The number of rotatable bonds is 4. The van der Waals surface area contributed by atoms with Crippen LogP contribution in [0.1, 0.15) is 66.8 Å². The number of carboxylic acids is 1. The minimum Gasteiger partial charge on any atom is -0.477 e. The van der Waals surface area contributed by atoms with Gasteiger partial charge in [0.25, 0.3) is 0 Å². The molecule has 4 heteroatoms. The van der Waals surface area contributed by atoms with Gasteiger partial charge < -0.3 is 9.63 Å². The highest BCUT2D eigenvalue weighted by Crippen LogP contribution is 2.36. The monoisotopic (exact) mass is 223 g/mol. The summed E-state index contributed by atoms with van der Waals surface area (Å²) in [5.74, 6) is -0.0658. The molecule has 1 aromatic heterocycles. The van der Waals surface area contributed by atoms with E-state index in [1.54, 1.807) is 0 Å². The van der Waals surface area contributed by atoms with Crippen molar-refractivity contribution in [3.8, 4) is 0 Å². The maximum absolute atomic E-state index is 11.2. The molecule has 0 unspecified atom stereocenters. The van der Waals surface area contributed by atoms with Gasteiger partial charge in [-0.3, -0.25) is 0 Å². The summed E-state index contributed by atoms with van der Waals surface area (Å²) in [7, 11) is 0. The maximum Gasteiger partial charge on any atom is 0.341 e. The second-order valence-corrected chi connectivity index (χ2v) is 4.40. The highest BCUT2D eigenvalue weighted by Gasteiger charge is 2.29. The standard InChI is InChI=1S/C12H17NO3/c1-2-5-9-10(12(14)15)11(13-16-9)8-6-3-4-7-8/h8H,2-7H2,1H3,(H,14,15). The van der Waals surface area contributed by atoms with E-state index in [1.165, 1.54) is 12.8 Å². The van der Waals surface area contributed by atoms with Crippen LogP contribution in [0.25, 0.3) is 0 Å². The molecule has 1 aliphatic rings. The summed E-state index contributed by atoms with van der Waals surface area (Å²) >= 11 is 0. The Hall–Kier alpha value is -1.32. The number of nitrogens with zero attached hydrogens (tertiary/aromatic N) is 1. The maximum atomic E-state index is 11.2. The predicted molar refractivity (Wildman–Crippen MR) is 58.7 cm³/mol. The Kier molecular flexibility index (Phi) is 3.27. The van der Waals surface area contributed by atoms with Crippen LogP contribution in [-0.2, 0) is 6.42 Å². The Morgan fingerprint density at radius 1 is 1.50 bits per heavy atom. The van der Waals surface area contributed by atoms with E-state index in [9.17, 15) is 9.90 Å². The normalized spacial score (nSPS) is 16.8. The third kappa shape index (κ3) is 1.96. The molecule has 0 bridgehead atoms. The smallest absolute Gasteiger partial charge is 0.341 e. The predicted octanol–water partition coefficient (Wildman–Crippen LogP) is 2.98. The fourth-order valence-electron chi connectivity index (χ4n) is 2.44. The van der Waals surface area contributed by atoms with Gasteiger partial charge in [0.1, 0.15) is 11.3 Å². The molecule has 1 aromatic rings. The van der Waals surface area contributed by atoms with Gasteiger partial charge in [0.05, 0.1) is 0 Å². The summed E-state index contributed by atoms with van der Waals surface area (Å²) in [4.78, 5) is 11.2. The molecule has 1 heterocycles. The first kappa shape index (κ1) is 11.2. The van der Waals surface area contributed by atoms with E-state index in [4.69, 9.17) is 4.52 Å². The molecule has 0 spiro atoms. The molecule has 0 aliphatic heterocycles. The van der Waals surface area contributed by atoms with E-state index in [-0.39, 0.29) is 0 Å². The highest BCUT2D eigenvalue weighted by atomic mass is 16.5. The second kappa shape index (κ2) is 4.68. The van der Waals surface area contributed by atoms with Gasteiger partial charge in [-0.25, -0.2) is 4.79 Å². The Morgan fingerprint density at radius 2 is 2.19 bits per heavy atom. The van der Waals surface area contributed by atoms with E-state index >= 15 is 0 Å². The molecule has 88 valence electrons. The van der Waals surface area contributed by atoms with Crippen molar-refractivity contribution in [1.82, 2.24) is 5.16 Å². The van der Waals surface area contributed by atoms with Crippen LogP contribution >= 0.6 is 0 Å². The van der Waals surface area contributed by atoms with Gasteiger partial charge in [-0.2, -0.15) is 0 Å². The molecule has 1 fully saturated rings. The summed E-state index contributed by atoms with van der Waals surface area (Å²) in [5.41, 5.74) is 1.00. The average molecular weight is 223 g/mol. The molecule has 0 aromatic carbocycles. The quantitative estimate of drug-likeness (QED) is 0.852. The molecule has 16 heavy (non-hydrogen) atoms. The largest absolute Gasteiger partial charge is 0.477 e. The third-order valence-electron chi connectivity index (χ3n) is 3.22. The van der Waals surface area contributed by atoms with E-state index in [2.05, 4.69) is 5.16 Å². The molecule has 1 N–H and O–H groups in total. The van der Waals surface area contributed by atoms with Crippen molar-refractivity contribution < 1.29 is 14.4 Å². The zero-order valence-electron chi connectivity index (χ0n) is 9.53. The second-order valence-electron chi connectivity index (χ2n) is 4.40. The van der Waals surface area contributed by atoms with Gasteiger partial charge in [0.2, 0.25) is 0 Å². The number of aryl methyl sites for hydroxylation is 1. The van der Waals surface area contributed by atoms with Gasteiger partial charge >= 0.3 is 5.97 Å². The lowest BCUT2D eigenvalue weighted by atomic mass is 9.98. The third-order valence-corrected chi connectivity index (χ3v) is 3.22.